The number of halogens is 2. The summed E-state index contributed by atoms with van der Waals surface area (Å²) in [4.78, 5) is 18.3. The van der Waals surface area contributed by atoms with Crippen molar-refractivity contribution in [2.24, 2.45) is 0 Å². The van der Waals surface area contributed by atoms with E-state index >= 15 is 0 Å². The lowest BCUT2D eigenvalue weighted by molar-refractivity contribution is -0.385. The molecule has 1 aliphatic carbocycles. The molecule has 1 saturated carbocycles. The van der Waals surface area contributed by atoms with Crippen LogP contribution in [-0.2, 0) is 0 Å². The molecule has 3 rings (SSSR count). The Morgan fingerprint density at radius 2 is 1.69 bits per heavy atom. The van der Waals surface area contributed by atoms with Crippen molar-refractivity contribution < 1.29 is 18.4 Å². The third-order valence-corrected chi connectivity index (χ3v) is 4.06. The highest BCUT2D eigenvalue weighted by Crippen LogP contribution is 2.26. The van der Waals surface area contributed by atoms with E-state index in [1.165, 1.54) is 24.5 Å². The van der Waals surface area contributed by atoms with Crippen LogP contribution in [0, 0.1) is 10.1 Å². The predicted octanol–water partition coefficient (Wildman–Crippen LogP) is 3.43. The summed E-state index contributed by atoms with van der Waals surface area (Å²) in [7, 11) is 0. The molecule has 8 nitrogen and oxygen atoms in total. The molecule has 0 aliphatic heterocycles. The number of nitro groups is 1. The summed E-state index contributed by atoms with van der Waals surface area (Å²) < 4.78 is 28.5. The molecule has 1 aliphatic rings. The number of hydrogen-bond donors (Lipinski definition) is 2. The van der Waals surface area contributed by atoms with Gasteiger partial charge in [0.15, 0.2) is 0 Å². The normalized spacial score (nSPS) is 19.3. The number of aromatic nitrogens is 2. The van der Waals surface area contributed by atoms with E-state index in [-0.39, 0.29) is 23.5 Å². The summed E-state index contributed by atoms with van der Waals surface area (Å²) in [5.41, 5.74) is -0.0492. The molecular formula is C16H17F2N5O3. The Morgan fingerprint density at radius 1 is 1.08 bits per heavy atom. The number of ether oxygens (including phenoxy) is 1. The lowest BCUT2D eigenvalue weighted by Crippen LogP contribution is -2.21. The van der Waals surface area contributed by atoms with E-state index < -0.39 is 11.5 Å². The second kappa shape index (κ2) is 7.89. The highest BCUT2D eigenvalue weighted by molar-refractivity contribution is 5.42. The van der Waals surface area contributed by atoms with Crippen LogP contribution < -0.4 is 15.4 Å². The summed E-state index contributed by atoms with van der Waals surface area (Å²) in [5.74, 6) is 1.19. The molecule has 0 bridgehead atoms. The zero-order chi connectivity index (χ0) is 18.5. The number of anilines is 2. The van der Waals surface area contributed by atoms with Crippen molar-refractivity contribution in [2.75, 3.05) is 10.6 Å². The van der Waals surface area contributed by atoms with E-state index in [9.17, 15) is 18.9 Å². The molecule has 0 amide bonds. The van der Waals surface area contributed by atoms with Crippen molar-refractivity contribution in [1.82, 2.24) is 9.97 Å². The number of rotatable bonds is 7. The lowest BCUT2D eigenvalue weighted by Gasteiger charge is -2.15. The molecule has 1 fully saturated rings. The molecule has 10 heteroatoms. The first-order chi connectivity index (χ1) is 12.5. The van der Waals surface area contributed by atoms with Gasteiger partial charge >= 0.3 is 6.61 Å². The van der Waals surface area contributed by atoms with Gasteiger partial charge in [-0.05, 0) is 37.5 Å². The van der Waals surface area contributed by atoms with Crippen LogP contribution in [0.4, 0.5) is 26.1 Å². The first kappa shape index (κ1) is 17.8. The SMILES string of the molecule is O=[N+]([O-])c1ccc(N[C@H]2CC[C@H](Nc3ccc(OC(F)F)cn3)C2)nc1. The van der Waals surface area contributed by atoms with E-state index in [2.05, 4.69) is 25.3 Å². The fourth-order valence-corrected chi connectivity index (χ4v) is 2.88. The zero-order valence-corrected chi connectivity index (χ0v) is 13.6. The molecule has 0 radical (unpaired) electrons. The van der Waals surface area contributed by atoms with Crippen molar-refractivity contribution in [2.45, 2.75) is 38.0 Å². The number of pyridine rings is 2. The van der Waals surface area contributed by atoms with Gasteiger partial charge in [0, 0.05) is 18.2 Å². The number of nitrogens with one attached hydrogen (secondary N) is 2. The van der Waals surface area contributed by atoms with E-state index in [4.69, 9.17) is 0 Å². The second-order valence-electron chi connectivity index (χ2n) is 5.91. The molecule has 2 N–H and O–H groups in total. The number of alkyl halides is 2. The van der Waals surface area contributed by atoms with Crippen LogP contribution in [0.15, 0.2) is 36.7 Å². The maximum absolute atomic E-state index is 12.1. The molecule has 0 spiro atoms. The average Bonchev–Trinajstić information content (AvgIpc) is 3.03. The van der Waals surface area contributed by atoms with Crippen LogP contribution in [0.25, 0.3) is 0 Å². The predicted molar refractivity (Wildman–Crippen MR) is 90.4 cm³/mol. The van der Waals surface area contributed by atoms with Crippen molar-refractivity contribution in [1.29, 1.82) is 0 Å². The van der Waals surface area contributed by atoms with Crippen molar-refractivity contribution in [3.63, 3.8) is 0 Å². The van der Waals surface area contributed by atoms with Crippen molar-refractivity contribution in [3.8, 4) is 5.75 Å². The molecule has 138 valence electrons. The van der Waals surface area contributed by atoms with Crippen LogP contribution in [-0.4, -0.2) is 33.6 Å². The van der Waals surface area contributed by atoms with Gasteiger partial charge in [0.1, 0.15) is 23.6 Å². The Hall–Kier alpha value is -3.04. The largest absolute Gasteiger partial charge is 0.433 e. The van der Waals surface area contributed by atoms with Crippen LogP contribution in [0.3, 0.4) is 0 Å². The van der Waals surface area contributed by atoms with Crippen molar-refractivity contribution >= 4 is 17.3 Å². The molecule has 26 heavy (non-hydrogen) atoms. The fraction of sp³-hybridized carbons (Fsp3) is 0.375. The fourth-order valence-electron chi connectivity index (χ4n) is 2.88. The minimum atomic E-state index is -2.87. The molecule has 0 aromatic carbocycles. The van der Waals surface area contributed by atoms with Gasteiger partial charge in [0.05, 0.1) is 11.1 Å². The summed E-state index contributed by atoms with van der Waals surface area (Å²) in [5, 5.41) is 17.1. The van der Waals surface area contributed by atoms with Gasteiger partial charge < -0.3 is 15.4 Å². The van der Waals surface area contributed by atoms with Gasteiger partial charge in [-0.1, -0.05) is 0 Å². The lowest BCUT2D eigenvalue weighted by atomic mass is 10.2. The van der Waals surface area contributed by atoms with Gasteiger partial charge in [0.2, 0.25) is 0 Å². The van der Waals surface area contributed by atoms with E-state index in [1.54, 1.807) is 12.1 Å². The third-order valence-electron chi connectivity index (χ3n) is 4.06. The van der Waals surface area contributed by atoms with Crippen LogP contribution in [0.5, 0.6) is 5.75 Å². The van der Waals surface area contributed by atoms with E-state index in [1.807, 2.05) is 0 Å². The van der Waals surface area contributed by atoms with Crippen LogP contribution >= 0.6 is 0 Å². The summed E-state index contributed by atoms with van der Waals surface area (Å²) in [6.45, 7) is -2.87. The second-order valence-corrected chi connectivity index (χ2v) is 5.91. The maximum atomic E-state index is 12.1. The zero-order valence-electron chi connectivity index (χ0n) is 13.6. The van der Waals surface area contributed by atoms with Gasteiger partial charge in [-0.2, -0.15) is 8.78 Å². The van der Waals surface area contributed by atoms with Gasteiger partial charge in [-0.15, -0.1) is 0 Å². The van der Waals surface area contributed by atoms with Crippen molar-refractivity contribution in [3.05, 3.63) is 46.8 Å². The highest BCUT2D eigenvalue weighted by Gasteiger charge is 2.25. The summed E-state index contributed by atoms with van der Waals surface area (Å²) in [6.07, 6.45) is 5.10. The quantitative estimate of drug-likeness (QED) is 0.572. The standard InChI is InChI=1S/C16H17F2N5O3/c17-16(18)26-13-4-6-15(20-9-13)22-11-2-1-10(7-11)21-14-5-3-12(8-19-14)23(24)25/h3-6,8-11,16H,1-2,7H2,(H,19,21)(H,20,22)/t10-,11-/m0/s1. The summed E-state index contributed by atoms with van der Waals surface area (Å²) >= 11 is 0. The third kappa shape index (κ3) is 4.74. The van der Waals surface area contributed by atoms with E-state index in [0.717, 1.165) is 19.3 Å². The highest BCUT2D eigenvalue weighted by atomic mass is 19.3. The monoisotopic (exact) mass is 365 g/mol. The number of nitrogens with zero attached hydrogens (tertiary/aromatic N) is 3. The Kier molecular flexibility index (Phi) is 5.40. The molecule has 2 atom stereocenters. The van der Waals surface area contributed by atoms with Crippen LogP contribution in [0.1, 0.15) is 19.3 Å². The first-order valence-corrected chi connectivity index (χ1v) is 8.04. The Bertz CT molecular complexity index is 743. The minimum Gasteiger partial charge on any atom is -0.433 e. The molecule has 2 aromatic heterocycles. The smallest absolute Gasteiger partial charge is 0.387 e. The van der Waals surface area contributed by atoms with Crippen LogP contribution in [0.2, 0.25) is 0 Å². The first-order valence-electron chi connectivity index (χ1n) is 8.04. The molecule has 0 unspecified atom stereocenters. The maximum Gasteiger partial charge on any atom is 0.387 e. The minimum absolute atomic E-state index is 0.0146. The Morgan fingerprint density at radius 3 is 2.15 bits per heavy atom. The molecule has 2 heterocycles. The molecular weight excluding hydrogens is 348 g/mol. The number of hydrogen-bond acceptors (Lipinski definition) is 7. The van der Waals surface area contributed by atoms with Gasteiger partial charge in [-0.25, -0.2) is 9.97 Å². The summed E-state index contributed by atoms with van der Waals surface area (Å²) in [6, 6.07) is 6.39. The van der Waals surface area contributed by atoms with E-state index in [0.29, 0.717) is 11.6 Å². The Balaban J connectivity index is 1.49. The Labute approximate surface area is 147 Å². The van der Waals surface area contributed by atoms with Gasteiger partial charge in [0.25, 0.3) is 5.69 Å². The molecule has 2 aromatic rings. The topological polar surface area (TPSA) is 102 Å². The van der Waals surface area contributed by atoms with Gasteiger partial charge in [-0.3, -0.25) is 10.1 Å². The average molecular weight is 365 g/mol. The molecule has 0 saturated heterocycles.